The van der Waals surface area contributed by atoms with E-state index in [1.165, 1.54) is 5.56 Å². The molecule has 0 unspecified atom stereocenters. The summed E-state index contributed by atoms with van der Waals surface area (Å²) in [5.41, 5.74) is 2.91. The van der Waals surface area contributed by atoms with Crippen LogP contribution in [0.5, 0.6) is 11.5 Å². The first-order valence-corrected chi connectivity index (χ1v) is 12.8. The molecule has 34 heavy (non-hydrogen) atoms. The third-order valence-corrected chi connectivity index (χ3v) is 6.53. The molecule has 188 valence electrons. The molecule has 1 aliphatic heterocycles. The number of likely N-dealkylation sites (tertiary alicyclic amines) is 1. The van der Waals surface area contributed by atoms with Crippen molar-refractivity contribution in [3.8, 4) is 11.5 Å². The summed E-state index contributed by atoms with van der Waals surface area (Å²) in [6.07, 6.45) is 3.00. The van der Waals surface area contributed by atoms with E-state index in [0.717, 1.165) is 42.9 Å². The van der Waals surface area contributed by atoms with E-state index in [1.807, 2.05) is 39.0 Å². The maximum absolute atomic E-state index is 12.8. The molecule has 1 fully saturated rings. The van der Waals surface area contributed by atoms with Crippen molar-refractivity contribution in [2.24, 2.45) is 5.92 Å². The maximum atomic E-state index is 12.8. The van der Waals surface area contributed by atoms with Crippen LogP contribution in [-0.2, 0) is 6.42 Å². The number of ether oxygens (including phenoxy) is 2. The Balaban J connectivity index is 0.00000199. The summed E-state index contributed by atoms with van der Waals surface area (Å²) in [6, 6.07) is 11.8. The minimum atomic E-state index is -0.0719. The first-order chi connectivity index (χ1) is 16.4. The second-order valence-corrected chi connectivity index (χ2v) is 9.25. The Morgan fingerprint density at radius 2 is 1.82 bits per heavy atom. The molecule has 1 N–H and O–H groups in total. The van der Waals surface area contributed by atoms with Crippen molar-refractivity contribution in [1.29, 1.82) is 0 Å². The number of nitrogens with one attached hydrogen (secondary N) is 1. The summed E-state index contributed by atoms with van der Waals surface area (Å²) in [4.78, 5) is 15.3. The van der Waals surface area contributed by atoms with Crippen LogP contribution in [0, 0.1) is 12.8 Å². The van der Waals surface area contributed by atoms with Crippen molar-refractivity contribution in [2.45, 2.75) is 59.9 Å². The first kappa shape index (κ1) is 28.0. The Bertz CT molecular complexity index is 909. The summed E-state index contributed by atoms with van der Waals surface area (Å²) in [7, 11) is 1.61. The van der Waals surface area contributed by atoms with Gasteiger partial charge in [-0.1, -0.05) is 31.5 Å². The molecule has 0 bridgehead atoms. The second kappa shape index (κ2) is 14.2. The number of aryl methyl sites for hydroxylation is 1. The van der Waals surface area contributed by atoms with Crippen LogP contribution in [0.4, 0.5) is 0 Å². The molecule has 0 aromatic heterocycles. The van der Waals surface area contributed by atoms with Gasteiger partial charge < -0.3 is 19.7 Å². The van der Waals surface area contributed by atoms with Gasteiger partial charge >= 0.3 is 0 Å². The number of hydrogen-bond acceptors (Lipinski definition) is 4. The van der Waals surface area contributed by atoms with Crippen molar-refractivity contribution in [1.82, 2.24) is 10.2 Å². The van der Waals surface area contributed by atoms with E-state index in [4.69, 9.17) is 21.1 Å². The Kier molecular flexibility index (Phi) is 11.7. The van der Waals surface area contributed by atoms with Crippen molar-refractivity contribution in [3.05, 3.63) is 58.1 Å². The number of nitrogens with zero attached hydrogens (tertiary/aromatic N) is 1. The fourth-order valence-corrected chi connectivity index (χ4v) is 4.38. The highest BCUT2D eigenvalue weighted by atomic mass is 35.5. The summed E-state index contributed by atoms with van der Waals surface area (Å²) in [5.74, 6) is 1.66. The van der Waals surface area contributed by atoms with Gasteiger partial charge in [-0.25, -0.2) is 0 Å². The number of halogens is 1. The zero-order chi connectivity index (χ0) is 25.1. The highest BCUT2D eigenvalue weighted by molar-refractivity contribution is 6.30. The molecule has 3 rings (SSSR count). The first-order valence-electron chi connectivity index (χ1n) is 12.5. The number of carbonyl (C=O) groups excluding carboxylic acids is 1. The predicted octanol–water partition coefficient (Wildman–Crippen LogP) is 6.15. The van der Waals surface area contributed by atoms with E-state index in [9.17, 15) is 4.79 Å². The van der Waals surface area contributed by atoms with Crippen LogP contribution in [0.3, 0.4) is 0 Å². The molecule has 1 amide bonds. The Morgan fingerprint density at radius 1 is 1.12 bits per heavy atom. The monoisotopic (exact) mass is 488 g/mol. The van der Waals surface area contributed by atoms with Gasteiger partial charge in [0.05, 0.1) is 13.7 Å². The van der Waals surface area contributed by atoms with Crippen LogP contribution in [0.2, 0.25) is 5.02 Å². The molecule has 2 aromatic rings. The topological polar surface area (TPSA) is 50.8 Å². The Morgan fingerprint density at radius 3 is 2.44 bits per heavy atom. The van der Waals surface area contributed by atoms with E-state index in [0.29, 0.717) is 42.2 Å². The van der Waals surface area contributed by atoms with Gasteiger partial charge in [-0.3, -0.25) is 4.79 Å². The van der Waals surface area contributed by atoms with Gasteiger partial charge in [-0.05, 0) is 94.1 Å². The molecule has 6 heteroatoms. The minimum absolute atomic E-state index is 0.0719. The van der Waals surface area contributed by atoms with Crippen LogP contribution in [0.1, 0.15) is 62.0 Å². The summed E-state index contributed by atoms with van der Waals surface area (Å²) < 4.78 is 11.4. The highest BCUT2D eigenvalue weighted by Gasteiger charge is 2.21. The van der Waals surface area contributed by atoms with Crippen molar-refractivity contribution >= 4 is 17.5 Å². The standard InChI is InChI=1S/C26H35ClN2O3.C2H6/c1-18(2)29-12-9-20(10-13-29)17-28-26(30)22-6-8-24(31-4)25(16-22)32-14-11-21-5-7-23(27)15-19(21)3;1-2/h5-8,15-16,18,20H,9-14,17H2,1-4H3,(H,28,30);1-2H3. The molecule has 5 nitrogen and oxygen atoms in total. The molecule has 0 saturated carbocycles. The molecule has 1 heterocycles. The number of carbonyl (C=O) groups is 1. The number of piperidine rings is 1. The van der Waals surface area contributed by atoms with Crippen LogP contribution in [0.25, 0.3) is 0 Å². The molecule has 0 atom stereocenters. The molecule has 0 radical (unpaired) electrons. The average Bonchev–Trinajstić information content (AvgIpc) is 2.85. The molecule has 0 spiro atoms. The lowest BCUT2D eigenvalue weighted by Gasteiger charge is -2.34. The fraction of sp³-hybridized carbons (Fsp3) is 0.536. The van der Waals surface area contributed by atoms with Crippen LogP contribution < -0.4 is 14.8 Å². The molecular weight excluding hydrogens is 448 g/mol. The lowest BCUT2D eigenvalue weighted by molar-refractivity contribution is 0.0929. The summed E-state index contributed by atoms with van der Waals surface area (Å²) in [5, 5.41) is 3.84. The van der Waals surface area contributed by atoms with E-state index in [-0.39, 0.29) is 5.91 Å². The van der Waals surface area contributed by atoms with Crippen LogP contribution in [0.15, 0.2) is 36.4 Å². The minimum Gasteiger partial charge on any atom is -0.493 e. The van der Waals surface area contributed by atoms with E-state index in [2.05, 4.69) is 24.1 Å². The zero-order valence-corrected chi connectivity index (χ0v) is 22.4. The van der Waals surface area contributed by atoms with Crippen molar-refractivity contribution < 1.29 is 14.3 Å². The second-order valence-electron chi connectivity index (χ2n) is 8.82. The normalized spacial score (nSPS) is 14.4. The summed E-state index contributed by atoms with van der Waals surface area (Å²) in [6.45, 7) is 13.9. The molecule has 0 aliphatic carbocycles. The number of benzene rings is 2. The van der Waals surface area contributed by atoms with Gasteiger partial charge in [0.15, 0.2) is 11.5 Å². The molecular formula is C28H41ClN2O3. The summed E-state index contributed by atoms with van der Waals surface area (Å²) >= 11 is 6.04. The van der Waals surface area contributed by atoms with E-state index >= 15 is 0 Å². The maximum Gasteiger partial charge on any atom is 0.251 e. The van der Waals surface area contributed by atoms with Gasteiger partial charge in [0.2, 0.25) is 0 Å². The third-order valence-electron chi connectivity index (χ3n) is 6.29. The van der Waals surface area contributed by atoms with Gasteiger partial charge in [0.25, 0.3) is 5.91 Å². The van der Waals surface area contributed by atoms with Gasteiger partial charge in [0, 0.05) is 29.6 Å². The Labute approximate surface area is 210 Å². The quantitative estimate of drug-likeness (QED) is 0.459. The van der Waals surface area contributed by atoms with Crippen LogP contribution >= 0.6 is 11.6 Å². The molecule has 2 aromatic carbocycles. The van der Waals surface area contributed by atoms with E-state index in [1.54, 1.807) is 25.3 Å². The molecule has 1 saturated heterocycles. The van der Waals surface area contributed by atoms with Gasteiger partial charge in [0.1, 0.15) is 0 Å². The van der Waals surface area contributed by atoms with Gasteiger partial charge in [-0.2, -0.15) is 0 Å². The average molecular weight is 489 g/mol. The number of amides is 1. The molecule has 1 aliphatic rings. The van der Waals surface area contributed by atoms with E-state index < -0.39 is 0 Å². The lowest BCUT2D eigenvalue weighted by atomic mass is 9.96. The zero-order valence-electron chi connectivity index (χ0n) is 21.6. The van der Waals surface area contributed by atoms with Crippen LogP contribution in [-0.4, -0.2) is 50.2 Å². The smallest absolute Gasteiger partial charge is 0.251 e. The predicted molar refractivity (Wildman–Crippen MR) is 141 cm³/mol. The number of methoxy groups -OCH3 is 1. The van der Waals surface area contributed by atoms with Crippen molar-refractivity contribution in [3.63, 3.8) is 0 Å². The third kappa shape index (κ3) is 8.21. The lowest BCUT2D eigenvalue weighted by Crippen LogP contribution is -2.41. The highest BCUT2D eigenvalue weighted by Crippen LogP contribution is 2.28. The largest absolute Gasteiger partial charge is 0.493 e. The SMILES string of the molecule is CC.COc1ccc(C(=O)NCC2CCN(C(C)C)CC2)cc1OCCc1ccc(Cl)cc1C. The number of rotatable bonds is 9. The number of hydrogen-bond donors (Lipinski definition) is 1. The van der Waals surface area contributed by atoms with Gasteiger partial charge in [-0.15, -0.1) is 0 Å². The van der Waals surface area contributed by atoms with Crippen molar-refractivity contribution in [2.75, 3.05) is 33.4 Å². The fourth-order valence-electron chi connectivity index (χ4n) is 4.15. The Hall–Kier alpha value is -2.24.